The molecule has 0 aliphatic heterocycles. The number of anilines is 1. The molecule has 5 nitrogen and oxygen atoms in total. The predicted octanol–water partition coefficient (Wildman–Crippen LogP) is 3.47. The second kappa shape index (κ2) is 6.46. The maximum atomic E-state index is 12.6. The Morgan fingerprint density at radius 3 is 2.45 bits per heavy atom. The molecule has 0 bridgehead atoms. The third kappa shape index (κ3) is 3.45. The fourth-order valence-corrected chi connectivity index (χ4v) is 3.36. The Morgan fingerprint density at radius 2 is 1.82 bits per heavy atom. The molecule has 22 heavy (non-hydrogen) atoms. The Kier molecular flexibility index (Phi) is 4.83. The number of halogens is 1. The molecule has 2 aromatic rings. The van der Waals surface area contributed by atoms with E-state index in [1.807, 2.05) is 0 Å². The average molecular weight is 342 g/mol. The van der Waals surface area contributed by atoms with Gasteiger partial charge in [-0.15, -0.1) is 0 Å². The molecule has 0 unspecified atom stereocenters. The molecule has 0 aromatic heterocycles. The fourth-order valence-electron chi connectivity index (χ4n) is 1.90. The molecule has 2 rings (SSSR count). The molecule has 0 saturated carbocycles. The zero-order chi connectivity index (χ0) is 16.3. The molecule has 0 radical (unpaired) electrons. The van der Waals surface area contributed by atoms with Gasteiger partial charge in [0.05, 0.1) is 19.9 Å². The van der Waals surface area contributed by atoms with E-state index in [1.165, 1.54) is 20.3 Å². The highest BCUT2D eigenvalue weighted by Gasteiger charge is 2.21. The summed E-state index contributed by atoms with van der Waals surface area (Å²) in [5, 5.41) is 0.354. The number of hydrogen-bond donors (Lipinski definition) is 1. The number of aryl methyl sites for hydroxylation is 1. The van der Waals surface area contributed by atoms with Gasteiger partial charge in [0, 0.05) is 11.1 Å². The van der Waals surface area contributed by atoms with Crippen LogP contribution in [0.5, 0.6) is 11.5 Å². The molecule has 0 spiro atoms. The van der Waals surface area contributed by atoms with Crippen LogP contribution in [0, 0.1) is 6.92 Å². The van der Waals surface area contributed by atoms with E-state index in [2.05, 4.69) is 4.72 Å². The van der Waals surface area contributed by atoms with Crippen molar-refractivity contribution in [1.82, 2.24) is 0 Å². The number of ether oxygens (including phenoxy) is 2. The second-order valence-electron chi connectivity index (χ2n) is 4.59. The molecular formula is C15H16ClNO4S. The predicted molar refractivity (Wildman–Crippen MR) is 86.5 cm³/mol. The summed E-state index contributed by atoms with van der Waals surface area (Å²) in [5.41, 5.74) is 1.12. The second-order valence-corrected chi connectivity index (χ2v) is 6.65. The Bertz CT molecular complexity index is 790. The maximum Gasteiger partial charge on any atom is 0.265 e. The van der Waals surface area contributed by atoms with Crippen molar-refractivity contribution in [3.8, 4) is 11.5 Å². The summed E-state index contributed by atoms with van der Waals surface area (Å²) >= 11 is 6.03. The smallest absolute Gasteiger partial charge is 0.265 e. The summed E-state index contributed by atoms with van der Waals surface area (Å²) in [4.78, 5) is -0.0200. The molecule has 0 fully saturated rings. The Morgan fingerprint density at radius 1 is 1.09 bits per heavy atom. The molecule has 0 heterocycles. The number of methoxy groups -OCH3 is 2. The van der Waals surface area contributed by atoms with E-state index in [0.29, 0.717) is 16.5 Å². The van der Waals surface area contributed by atoms with Gasteiger partial charge < -0.3 is 9.47 Å². The van der Waals surface area contributed by atoms with Gasteiger partial charge in [0.2, 0.25) is 0 Å². The van der Waals surface area contributed by atoms with Crippen molar-refractivity contribution in [2.75, 3.05) is 18.9 Å². The molecule has 118 valence electrons. The van der Waals surface area contributed by atoms with Crippen molar-refractivity contribution in [3.05, 3.63) is 47.0 Å². The molecular weight excluding hydrogens is 326 g/mol. The van der Waals surface area contributed by atoms with Gasteiger partial charge in [-0.2, -0.15) is 0 Å². The van der Waals surface area contributed by atoms with Gasteiger partial charge in [0.1, 0.15) is 16.4 Å². The lowest BCUT2D eigenvalue weighted by Crippen LogP contribution is -2.14. The van der Waals surface area contributed by atoms with Crippen molar-refractivity contribution in [2.45, 2.75) is 11.8 Å². The minimum atomic E-state index is -3.84. The summed E-state index contributed by atoms with van der Waals surface area (Å²) < 4.78 is 37.8. The van der Waals surface area contributed by atoms with Crippen LogP contribution in [0.2, 0.25) is 5.02 Å². The zero-order valence-corrected chi connectivity index (χ0v) is 14.0. The van der Waals surface area contributed by atoms with Crippen LogP contribution in [0.25, 0.3) is 0 Å². The van der Waals surface area contributed by atoms with E-state index in [0.717, 1.165) is 5.56 Å². The van der Waals surface area contributed by atoms with Gasteiger partial charge in [-0.1, -0.05) is 17.7 Å². The number of sulfonamides is 1. The molecule has 0 aliphatic carbocycles. The monoisotopic (exact) mass is 341 g/mol. The van der Waals surface area contributed by atoms with Crippen molar-refractivity contribution >= 4 is 27.3 Å². The molecule has 1 N–H and O–H groups in total. The highest BCUT2D eigenvalue weighted by Crippen LogP contribution is 2.31. The van der Waals surface area contributed by atoms with E-state index < -0.39 is 10.0 Å². The first-order valence-electron chi connectivity index (χ1n) is 6.38. The Balaban J connectivity index is 2.44. The summed E-state index contributed by atoms with van der Waals surface area (Å²) in [6.45, 7) is 1.77. The normalized spacial score (nSPS) is 11.1. The number of benzene rings is 2. The summed E-state index contributed by atoms with van der Waals surface area (Å²) in [6, 6.07) is 9.58. The van der Waals surface area contributed by atoms with E-state index in [-0.39, 0.29) is 10.6 Å². The molecule has 0 aliphatic rings. The first-order chi connectivity index (χ1) is 10.4. The van der Waals surface area contributed by atoms with Crippen LogP contribution < -0.4 is 14.2 Å². The quantitative estimate of drug-likeness (QED) is 0.904. The summed E-state index contributed by atoms with van der Waals surface area (Å²) in [7, 11) is -0.915. The molecule has 0 amide bonds. The van der Waals surface area contributed by atoms with Gasteiger partial charge in [-0.25, -0.2) is 8.42 Å². The Labute approximate surface area is 134 Å². The van der Waals surface area contributed by atoms with Crippen LogP contribution in [0.1, 0.15) is 5.56 Å². The highest BCUT2D eigenvalue weighted by atomic mass is 35.5. The molecule has 7 heteroatoms. The number of hydrogen-bond acceptors (Lipinski definition) is 4. The lowest BCUT2D eigenvalue weighted by molar-refractivity contribution is 0.402. The van der Waals surface area contributed by atoms with Gasteiger partial charge in [0.25, 0.3) is 10.0 Å². The van der Waals surface area contributed by atoms with Gasteiger partial charge in [-0.3, -0.25) is 4.72 Å². The molecule has 0 saturated heterocycles. The van der Waals surface area contributed by atoms with Crippen LogP contribution in [-0.2, 0) is 10.0 Å². The summed E-state index contributed by atoms with van der Waals surface area (Å²) in [5.74, 6) is 0.784. The van der Waals surface area contributed by atoms with E-state index in [4.69, 9.17) is 21.1 Å². The minimum absolute atomic E-state index is 0.0200. The average Bonchev–Trinajstić information content (AvgIpc) is 2.49. The number of nitrogens with one attached hydrogen (secondary N) is 1. The fraction of sp³-hybridized carbons (Fsp3) is 0.200. The van der Waals surface area contributed by atoms with Crippen molar-refractivity contribution in [3.63, 3.8) is 0 Å². The Hall–Kier alpha value is -1.92. The van der Waals surface area contributed by atoms with Crippen LogP contribution in [-0.4, -0.2) is 22.6 Å². The zero-order valence-electron chi connectivity index (χ0n) is 12.4. The molecule has 0 atom stereocenters. The summed E-state index contributed by atoms with van der Waals surface area (Å²) in [6.07, 6.45) is 0. The van der Waals surface area contributed by atoms with Crippen molar-refractivity contribution in [2.24, 2.45) is 0 Å². The lowest BCUT2D eigenvalue weighted by atomic mass is 10.2. The topological polar surface area (TPSA) is 64.6 Å². The van der Waals surface area contributed by atoms with E-state index in [9.17, 15) is 8.42 Å². The largest absolute Gasteiger partial charge is 0.497 e. The molecule has 2 aromatic carbocycles. The van der Waals surface area contributed by atoms with Crippen LogP contribution in [0.3, 0.4) is 0 Å². The standard InChI is InChI=1S/C15H16ClNO4S/c1-10-7-14(21-3)15(9-13(10)16)22(18,19)17-11-5-4-6-12(8-11)20-2/h4-9,17H,1-3H3. The van der Waals surface area contributed by atoms with Crippen molar-refractivity contribution < 1.29 is 17.9 Å². The third-order valence-electron chi connectivity index (χ3n) is 3.06. The maximum absolute atomic E-state index is 12.6. The van der Waals surface area contributed by atoms with E-state index >= 15 is 0 Å². The van der Waals surface area contributed by atoms with Crippen molar-refractivity contribution in [1.29, 1.82) is 0 Å². The van der Waals surface area contributed by atoms with Gasteiger partial charge in [-0.05, 0) is 36.8 Å². The first-order valence-corrected chi connectivity index (χ1v) is 8.24. The SMILES string of the molecule is COc1cccc(NS(=O)(=O)c2cc(Cl)c(C)cc2OC)c1. The van der Waals surface area contributed by atoms with Crippen LogP contribution >= 0.6 is 11.6 Å². The minimum Gasteiger partial charge on any atom is -0.497 e. The van der Waals surface area contributed by atoms with Crippen LogP contribution in [0.15, 0.2) is 41.3 Å². The van der Waals surface area contributed by atoms with E-state index in [1.54, 1.807) is 37.3 Å². The van der Waals surface area contributed by atoms with Gasteiger partial charge >= 0.3 is 0 Å². The van der Waals surface area contributed by atoms with Gasteiger partial charge in [0.15, 0.2) is 0 Å². The number of rotatable bonds is 5. The first kappa shape index (κ1) is 16.5. The lowest BCUT2D eigenvalue weighted by Gasteiger charge is -2.13. The van der Waals surface area contributed by atoms with Crippen LogP contribution in [0.4, 0.5) is 5.69 Å². The highest BCUT2D eigenvalue weighted by molar-refractivity contribution is 7.92. The third-order valence-corrected chi connectivity index (χ3v) is 4.87.